The molecule has 2 aromatic rings. The Labute approximate surface area is 142 Å². The molecule has 0 aliphatic carbocycles. The smallest absolute Gasteiger partial charge is 0.233 e. The minimum Gasteiger partial charge on any atom is -0.326 e. The molecule has 0 saturated heterocycles. The summed E-state index contributed by atoms with van der Waals surface area (Å²) >= 11 is 3.31. The normalized spacial score (nSPS) is 10.0. The lowest BCUT2D eigenvalue weighted by atomic mass is 10.1. The topological polar surface area (TPSA) is 75.3 Å². The molecule has 0 aliphatic heterocycles. The Balaban J connectivity index is 1.87. The Kier molecular flexibility index (Phi) is 5.65. The molecule has 0 saturated carbocycles. The summed E-state index contributed by atoms with van der Waals surface area (Å²) in [4.78, 5) is 34.8. The van der Waals surface area contributed by atoms with Crippen LogP contribution in [0.3, 0.4) is 0 Å². The number of Topliss-reactive ketones (excluding diaryl/α,β-unsaturated/α-hetero) is 1. The van der Waals surface area contributed by atoms with E-state index in [0.717, 1.165) is 4.47 Å². The molecule has 0 heterocycles. The fourth-order valence-electron chi connectivity index (χ4n) is 1.88. The first-order chi connectivity index (χ1) is 10.9. The number of hydrogen-bond donors (Lipinski definition) is 2. The molecule has 118 valence electrons. The van der Waals surface area contributed by atoms with Gasteiger partial charge in [0.25, 0.3) is 0 Å². The molecule has 0 bridgehead atoms. The van der Waals surface area contributed by atoms with Gasteiger partial charge in [-0.2, -0.15) is 0 Å². The summed E-state index contributed by atoms with van der Waals surface area (Å²) in [7, 11) is 0. The van der Waals surface area contributed by atoms with E-state index in [1.807, 2.05) is 0 Å². The van der Waals surface area contributed by atoms with Crippen LogP contribution in [-0.2, 0) is 9.59 Å². The third-order valence-electron chi connectivity index (χ3n) is 3.02. The number of nitrogens with one attached hydrogen (secondary N) is 2. The number of halogens is 1. The lowest BCUT2D eigenvalue weighted by molar-refractivity contribution is -0.123. The van der Waals surface area contributed by atoms with Gasteiger partial charge in [-0.05, 0) is 55.5 Å². The van der Waals surface area contributed by atoms with Gasteiger partial charge in [-0.3, -0.25) is 14.4 Å². The first kappa shape index (κ1) is 16.9. The molecule has 0 spiro atoms. The van der Waals surface area contributed by atoms with Crippen molar-refractivity contribution in [2.24, 2.45) is 0 Å². The van der Waals surface area contributed by atoms with Crippen molar-refractivity contribution in [2.75, 3.05) is 10.6 Å². The number of amides is 2. The highest BCUT2D eigenvalue weighted by Crippen LogP contribution is 2.14. The first-order valence-electron chi connectivity index (χ1n) is 6.90. The highest BCUT2D eigenvalue weighted by atomic mass is 79.9. The van der Waals surface area contributed by atoms with Gasteiger partial charge in [-0.15, -0.1) is 0 Å². The lowest BCUT2D eigenvalue weighted by Gasteiger charge is -2.07. The molecule has 0 aromatic heterocycles. The Hall–Kier alpha value is -2.47. The maximum absolute atomic E-state index is 11.8. The third kappa shape index (κ3) is 5.34. The Morgan fingerprint density at radius 3 is 1.70 bits per heavy atom. The molecule has 2 N–H and O–H groups in total. The molecule has 2 rings (SSSR count). The van der Waals surface area contributed by atoms with Crippen molar-refractivity contribution in [1.82, 2.24) is 0 Å². The van der Waals surface area contributed by atoms with Gasteiger partial charge in [0.1, 0.15) is 6.42 Å². The summed E-state index contributed by atoms with van der Waals surface area (Å²) in [5.41, 5.74) is 1.73. The Morgan fingerprint density at radius 1 is 0.826 bits per heavy atom. The molecular weight excluding hydrogens is 360 g/mol. The van der Waals surface area contributed by atoms with Crippen molar-refractivity contribution in [1.29, 1.82) is 0 Å². The Bertz CT molecular complexity index is 725. The molecule has 5 nitrogen and oxygen atoms in total. The summed E-state index contributed by atoms with van der Waals surface area (Å²) in [5, 5.41) is 5.26. The van der Waals surface area contributed by atoms with E-state index >= 15 is 0 Å². The SMILES string of the molecule is CC(=O)c1ccc(NC(=O)CC(=O)Nc2ccc(Br)cc2)cc1. The third-order valence-corrected chi connectivity index (χ3v) is 3.55. The monoisotopic (exact) mass is 374 g/mol. The summed E-state index contributed by atoms with van der Waals surface area (Å²) in [5.74, 6) is -0.864. The highest BCUT2D eigenvalue weighted by Gasteiger charge is 2.10. The van der Waals surface area contributed by atoms with Crippen molar-refractivity contribution >= 4 is 44.9 Å². The number of rotatable bonds is 5. The summed E-state index contributed by atoms with van der Waals surface area (Å²) < 4.78 is 0.905. The van der Waals surface area contributed by atoms with Crippen LogP contribution in [0, 0.1) is 0 Å². The van der Waals surface area contributed by atoms with Crippen molar-refractivity contribution < 1.29 is 14.4 Å². The number of hydrogen-bond acceptors (Lipinski definition) is 3. The second kappa shape index (κ2) is 7.69. The molecule has 0 unspecified atom stereocenters. The van der Waals surface area contributed by atoms with E-state index < -0.39 is 11.8 Å². The largest absolute Gasteiger partial charge is 0.326 e. The minimum absolute atomic E-state index is 0.0447. The van der Waals surface area contributed by atoms with Gasteiger partial charge in [-0.25, -0.2) is 0 Å². The van der Waals surface area contributed by atoms with E-state index in [0.29, 0.717) is 16.9 Å². The first-order valence-corrected chi connectivity index (χ1v) is 7.69. The van der Waals surface area contributed by atoms with Gasteiger partial charge < -0.3 is 10.6 Å². The molecular formula is C17H15BrN2O3. The fraction of sp³-hybridized carbons (Fsp3) is 0.118. The molecule has 2 amide bonds. The van der Waals surface area contributed by atoms with E-state index in [-0.39, 0.29) is 12.2 Å². The molecule has 2 aromatic carbocycles. The van der Waals surface area contributed by atoms with Gasteiger partial charge in [-0.1, -0.05) is 15.9 Å². The van der Waals surface area contributed by atoms with Crippen LogP contribution in [0.4, 0.5) is 11.4 Å². The van der Waals surface area contributed by atoms with Crippen LogP contribution in [0.2, 0.25) is 0 Å². The zero-order chi connectivity index (χ0) is 16.8. The van der Waals surface area contributed by atoms with E-state index in [2.05, 4.69) is 26.6 Å². The van der Waals surface area contributed by atoms with Gasteiger partial charge in [0.05, 0.1) is 0 Å². The van der Waals surface area contributed by atoms with Crippen molar-refractivity contribution in [2.45, 2.75) is 13.3 Å². The van der Waals surface area contributed by atoms with E-state index in [9.17, 15) is 14.4 Å². The molecule has 6 heteroatoms. The summed E-state index contributed by atoms with van der Waals surface area (Å²) in [6.07, 6.45) is -0.287. The molecule has 0 fully saturated rings. The predicted octanol–water partition coefficient (Wildman–Crippen LogP) is 3.62. The Morgan fingerprint density at radius 2 is 1.26 bits per heavy atom. The van der Waals surface area contributed by atoms with Crippen molar-refractivity contribution in [3.05, 3.63) is 58.6 Å². The van der Waals surface area contributed by atoms with E-state index in [4.69, 9.17) is 0 Å². The van der Waals surface area contributed by atoms with Gasteiger partial charge in [0.15, 0.2) is 5.78 Å². The average Bonchev–Trinajstić information content (AvgIpc) is 2.50. The minimum atomic E-state index is -0.421. The van der Waals surface area contributed by atoms with Crippen LogP contribution in [-0.4, -0.2) is 17.6 Å². The highest BCUT2D eigenvalue weighted by molar-refractivity contribution is 9.10. The molecule has 0 aliphatic rings. The molecule has 0 atom stereocenters. The average molecular weight is 375 g/mol. The molecule has 0 radical (unpaired) electrons. The number of ketones is 1. The number of carbonyl (C=O) groups excluding carboxylic acids is 3. The second-order valence-corrected chi connectivity index (χ2v) is 5.83. The quantitative estimate of drug-likeness (QED) is 0.619. The zero-order valence-electron chi connectivity index (χ0n) is 12.4. The zero-order valence-corrected chi connectivity index (χ0v) is 14.0. The summed E-state index contributed by atoms with van der Waals surface area (Å²) in [6, 6.07) is 13.6. The maximum atomic E-state index is 11.8. The van der Waals surface area contributed by atoms with Crippen LogP contribution >= 0.6 is 15.9 Å². The van der Waals surface area contributed by atoms with Gasteiger partial charge >= 0.3 is 0 Å². The number of anilines is 2. The molecule has 23 heavy (non-hydrogen) atoms. The van der Waals surface area contributed by atoms with Crippen LogP contribution in [0.5, 0.6) is 0 Å². The van der Waals surface area contributed by atoms with Crippen molar-refractivity contribution in [3.63, 3.8) is 0 Å². The number of benzene rings is 2. The second-order valence-electron chi connectivity index (χ2n) is 4.91. The van der Waals surface area contributed by atoms with Crippen molar-refractivity contribution in [3.8, 4) is 0 Å². The predicted molar refractivity (Wildman–Crippen MR) is 92.5 cm³/mol. The van der Waals surface area contributed by atoms with E-state index in [1.165, 1.54) is 6.92 Å². The summed E-state index contributed by atoms with van der Waals surface area (Å²) in [6.45, 7) is 1.47. The standard InChI is InChI=1S/C17H15BrN2O3/c1-11(21)12-2-6-14(7-3-12)19-16(22)10-17(23)20-15-8-4-13(18)5-9-15/h2-9H,10H2,1H3,(H,19,22)(H,20,23). The van der Waals surface area contributed by atoms with Crippen LogP contribution in [0.1, 0.15) is 23.7 Å². The van der Waals surface area contributed by atoms with E-state index in [1.54, 1.807) is 48.5 Å². The van der Waals surface area contributed by atoms with Crippen LogP contribution in [0.25, 0.3) is 0 Å². The fourth-order valence-corrected chi connectivity index (χ4v) is 2.14. The van der Waals surface area contributed by atoms with Gasteiger partial charge in [0.2, 0.25) is 11.8 Å². The van der Waals surface area contributed by atoms with Crippen LogP contribution < -0.4 is 10.6 Å². The van der Waals surface area contributed by atoms with Crippen LogP contribution in [0.15, 0.2) is 53.0 Å². The maximum Gasteiger partial charge on any atom is 0.233 e. The number of carbonyl (C=O) groups is 3. The lowest BCUT2D eigenvalue weighted by Crippen LogP contribution is -2.21. The van der Waals surface area contributed by atoms with Gasteiger partial charge in [0, 0.05) is 21.4 Å².